The molecule has 7 heteroatoms. The molecule has 6 nitrogen and oxygen atoms in total. The molecule has 1 aromatic rings. The fourth-order valence-corrected chi connectivity index (χ4v) is 4.93. The van der Waals surface area contributed by atoms with Gasteiger partial charge < -0.3 is 9.80 Å². The van der Waals surface area contributed by atoms with Crippen molar-refractivity contribution < 1.29 is 18.0 Å². The van der Waals surface area contributed by atoms with E-state index in [1.54, 1.807) is 36.2 Å². The smallest absolute Gasteiger partial charge is 0.253 e. The highest BCUT2D eigenvalue weighted by molar-refractivity contribution is 7.91. The zero-order valence-corrected chi connectivity index (χ0v) is 13.9. The maximum atomic E-state index is 12.5. The zero-order chi connectivity index (χ0) is 16.6. The molecule has 0 unspecified atom stereocenters. The molecule has 0 bridgehead atoms. The van der Waals surface area contributed by atoms with E-state index in [1.165, 1.54) is 4.90 Å². The molecule has 2 aliphatic rings. The van der Waals surface area contributed by atoms with Gasteiger partial charge in [-0.25, -0.2) is 8.42 Å². The molecule has 0 radical (unpaired) electrons. The second-order valence-electron chi connectivity index (χ2n) is 6.17. The molecule has 0 aliphatic carbocycles. The number of benzene rings is 1. The van der Waals surface area contributed by atoms with Crippen LogP contribution in [-0.2, 0) is 14.6 Å². The van der Waals surface area contributed by atoms with Crippen molar-refractivity contribution in [2.75, 3.05) is 30.0 Å². The number of amides is 2. The van der Waals surface area contributed by atoms with Crippen LogP contribution in [0.1, 0.15) is 29.6 Å². The van der Waals surface area contributed by atoms with Crippen molar-refractivity contribution in [3.8, 4) is 0 Å². The molecule has 124 valence electrons. The van der Waals surface area contributed by atoms with Gasteiger partial charge in [-0.15, -0.1) is 0 Å². The van der Waals surface area contributed by atoms with Crippen LogP contribution in [0.15, 0.2) is 24.3 Å². The van der Waals surface area contributed by atoms with Crippen LogP contribution in [0.3, 0.4) is 0 Å². The molecule has 2 amide bonds. The average Bonchev–Trinajstić information content (AvgIpc) is 3.11. The van der Waals surface area contributed by atoms with Crippen LogP contribution in [0, 0.1) is 0 Å². The summed E-state index contributed by atoms with van der Waals surface area (Å²) >= 11 is 0. The van der Waals surface area contributed by atoms with Crippen LogP contribution >= 0.6 is 0 Å². The number of sulfone groups is 1. The summed E-state index contributed by atoms with van der Waals surface area (Å²) in [5, 5.41) is 0. The van der Waals surface area contributed by atoms with Gasteiger partial charge in [0.15, 0.2) is 9.84 Å². The predicted octanol–water partition coefficient (Wildman–Crippen LogP) is 1.07. The van der Waals surface area contributed by atoms with Gasteiger partial charge in [-0.3, -0.25) is 9.59 Å². The Morgan fingerprint density at radius 2 is 1.96 bits per heavy atom. The van der Waals surface area contributed by atoms with Gasteiger partial charge in [0.1, 0.15) is 0 Å². The molecule has 23 heavy (non-hydrogen) atoms. The Morgan fingerprint density at radius 3 is 2.48 bits per heavy atom. The molecule has 0 spiro atoms. The van der Waals surface area contributed by atoms with Crippen molar-refractivity contribution in [3.63, 3.8) is 0 Å². The Balaban J connectivity index is 1.71. The van der Waals surface area contributed by atoms with E-state index in [2.05, 4.69) is 0 Å². The second-order valence-corrected chi connectivity index (χ2v) is 8.40. The molecule has 0 aromatic heterocycles. The first-order valence-electron chi connectivity index (χ1n) is 7.75. The minimum atomic E-state index is -3.02. The Labute approximate surface area is 136 Å². The normalized spacial score (nSPS) is 23.3. The van der Waals surface area contributed by atoms with Crippen LogP contribution in [0.5, 0.6) is 0 Å². The van der Waals surface area contributed by atoms with Gasteiger partial charge in [-0.1, -0.05) is 0 Å². The van der Waals surface area contributed by atoms with Gasteiger partial charge in [-0.2, -0.15) is 0 Å². The van der Waals surface area contributed by atoms with Crippen molar-refractivity contribution in [2.45, 2.75) is 25.3 Å². The summed E-state index contributed by atoms with van der Waals surface area (Å²) in [6.45, 7) is 0.714. The largest absolute Gasteiger partial charge is 0.338 e. The third-order valence-electron chi connectivity index (χ3n) is 4.58. The van der Waals surface area contributed by atoms with E-state index in [0.717, 1.165) is 12.1 Å². The van der Waals surface area contributed by atoms with Crippen LogP contribution in [0.2, 0.25) is 0 Å². The lowest BCUT2D eigenvalue weighted by Gasteiger charge is -2.24. The van der Waals surface area contributed by atoms with Gasteiger partial charge >= 0.3 is 0 Å². The predicted molar refractivity (Wildman–Crippen MR) is 87.2 cm³/mol. The first kappa shape index (κ1) is 16.0. The maximum Gasteiger partial charge on any atom is 0.253 e. The molecule has 0 N–H and O–H groups in total. The summed E-state index contributed by atoms with van der Waals surface area (Å²) in [4.78, 5) is 27.5. The number of anilines is 1. The molecule has 2 aliphatic heterocycles. The van der Waals surface area contributed by atoms with Crippen molar-refractivity contribution in [2.24, 2.45) is 0 Å². The molecule has 2 heterocycles. The van der Waals surface area contributed by atoms with E-state index in [9.17, 15) is 18.0 Å². The van der Waals surface area contributed by atoms with Crippen molar-refractivity contribution in [3.05, 3.63) is 29.8 Å². The van der Waals surface area contributed by atoms with Crippen LogP contribution in [0.4, 0.5) is 5.69 Å². The minimum Gasteiger partial charge on any atom is -0.338 e. The molecule has 3 rings (SSSR count). The Kier molecular flexibility index (Phi) is 4.14. The summed E-state index contributed by atoms with van der Waals surface area (Å²) in [5.74, 6) is 0.102. The van der Waals surface area contributed by atoms with Gasteiger partial charge in [0.05, 0.1) is 11.5 Å². The molecule has 2 saturated heterocycles. The number of hydrogen-bond acceptors (Lipinski definition) is 4. The van der Waals surface area contributed by atoms with Crippen LogP contribution in [0.25, 0.3) is 0 Å². The van der Waals surface area contributed by atoms with E-state index < -0.39 is 9.84 Å². The minimum absolute atomic E-state index is 0.0373. The summed E-state index contributed by atoms with van der Waals surface area (Å²) in [6.07, 6.45) is 1.92. The number of rotatable bonds is 3. The summed E-state index contributed by atoms with van der Waals surface area (Å²) in [5.41, 5.74) is 1.31. The third-order valence-corrected chi connectivity index (χ3v) is 6.33. The lowest BCUT2D eigenvalue weighted by molar-refractivity contribution is -0.117. The van der Waals surface area contributed by atoms with Gasteiger partial charge in [0, 0.05) is 37.3 Å². The summed E-state index contributed by atoms with van der Waals surface area (Å²) in [6, 6.07) is 6.69. The van der Waals surface area contributed by atoms with E-state index in [1.807, 2.05) is 0 Å². The van der Waals surface area contributed by atoms with E-state index in [0.29, 0.717) is 24.9 Å². The van der Waals surface area contributed by atoms with Crippen molar-refractivity contribution >= 4 is 27.3 Å². The van der Waals surface area contributed by atoms with E-state index >= 15 is 0 Å². The van der Waals surface area contributed by atoms with Crippen molar-refractivity contribution in [1.82, 2.24) is 4.90 Å². The van der Waals surface area contributed by atoms with Crippen molar-refractivity contribution in [1.29, 1.82) is 0 Å². The first-order chi connectivity index (χ1) is 10.9. The quantitative estimate of drug-likeness (QED) is 0.827. The monoisotopic (exact) mass is 336 g/mol. The highest BCUT2D eigenvalue weighted by Gasteiger charge is 2.33. The Bertz CT molecular complexity index is 727. The average molecular weight is 336 g/mol. The zero-order valence-electron chi connectivity index (χ0n) is 13.1. The lowest BCUT2D eigenvalue weighted by Crippen LogP contribution is -2.37. The molecular weight excluding hydrogens is 316 g/mol. The highest BCUT2D eigenvalue weighted by Crippen LogP contribution is 2.23. The highest BCUT2D eigenvalue weighted by atomic mass is 32.2. The number of hydrogen-bond donors (Lipinski definition) is 0. The third kappa shape index (κ3) is 3.24. The molecule has 0 saturated carbocycles. The van der Waals surface area contributed by atoms with Gasteiger partial charge in [0.2, 0.25) is 5.91 Å². The number of carbonyl (C=O) groups excluding carboxylic acids is 2. The lowest BCUT2D eigenvalue weighted by atomic mass is 10.1. The molecule has 1 aromatic carbocycles. The molecule has 2 fully saturated rings. The first-order valence-corrected chi connectivity index (χ1v) is 9.57. The van der Waals surface area contributed by atoms with Crippen LogP contribution < -0.4 is 4.90 Å². The standard InChI is InChI=1S/C16H20N2O4S/c1-17(14-8-10-23(21,22)11-14)16(20)12-4-6-13(7-5-12)18-9-2-3-15(18)19/h4-7,14H,2-3,8-11H2,1H3/t14-/m1/s1. The Morgan fingerprint density at radius 1 is 1.26 bits per heavy atom. The molecule has 1 atom stereocenters. The maximum absolute atomic E-state index is 12.5. The number of carbonyl (C=O) groups is 2. The Hall–Kier alpha value is -1.89. The van der Waals surface area contributed by atoms with Gasteiger partial charge in [0.25, 0.3) is 5.91 Å². The van der Waals surface area contributed by atoms with Crippen LogP contribution in [-0.4, -0.2) is 56.3 Å². The van der Waals surface area contributed by atoms with E-state index in [4.69, 9.17) is 0 Å². The molecular formula is C16H20N2O4S. The topological polar surface area (TPSA) is 74.8 Å². The second kappa shape index (κ2) is 5.96. The number of nitrogens with zero attached hydrogens (tertiary/aromatic N) is 2. The summed E-state index contributed by atoms with van der Waals surface area (Å²) < 4.78 is 23.1. The fourth-order valence-electron chi connectivity index (χ4n) is 3.16. The van der Waals surface area contributed by atoms with Gasteiger partial charge in [-0.05, 0) is 37.1 Å². The fraction of sp³-hybridized carbons (Fsp3) is 0.500. The summed E-state index contributed by atoms with van der Waals surface area (Å²) in [7, 11) is -1.37. The van der Waals surface area contributed by atoms with E-state index in [-0.39, 0.29) is 29.4 Å². The SMILES string of the molecule is CN(C(=O)c1ccc(N2CCCC2=O)cc1)[C@@H]1CCS(=O)(=O)C1.